The van der Waals surface area contributed by atoms with E-state index in [1.165, 1.54) is 0 Å². The number of likely N-dealkylation sites (N-methyl/N-ethyl adjacent to an activating group) is 1. The van der Waals surface area contributed by atoms with Crippen molar-refractivity contribution >= 4 is 33.5 Å². The van der Waals surface area contributed by atoms with Crippen molar-refractivity contribution in [1.29, 1.82) is 0 Å². The predicted octanol–water partition coefficient (Wildman–Crippen LogP) is 3.27. The average molecular weight is 303 g/mol. The number of halogens is 1. The first-order valence-corrected chi connectivity index (χ1v) is 7.60. The number of hydrogen-bond acceptors (Lipinski definition) is 3. The lowest BCUT2D eigenvalue weighted by atomic mass is 10.2. The minimum Gasteiger partial charge on any atom is -0.325 e. The highest BCUT2D eigenvalue weighted by molar-refractivity contribution is 6.17. The van der Waals surface area contributed by atoms with E-state index < -0.39 is 0 Å². The van der Waals surface area contributed by atoms with Gasteiger partial charge < -0.3 is 9.47 Å². The number of fused-ring (bicyclic) bond motifs is 3. The van der Waals surface area contributed by atoms with Gasteiger partial charge in [-0.25, -0.2) is 4.98 Å². The average Bonchev–Trinajstić information content (AvgIpc) is 2.85. The molecule has 0 fully saturated rings. The number of imidazole rings is 1. The Labute approximate surface area is 129 Å². The fourth-order valence-corrected chi connectivity index (χ4v) is 2.74. The second-order valence-electron chi connectivity index (χ2n) is 5.59. The molecule has 0 amide bonds. The molecule has 0 bridgehead atoms. The molecule has 4 nitrogen and oxygen atoms in total. The lowest BCUT2D eigenvalue weighted by Crippen LogP contribution is -2.29. The summed E-state index contributed by atoms with van der Waals surface area (Å²) in [5.74, 6) is 1.31. The van der Waals surface area contributed by atoms with Crippen molar-refractivity contribution in [2.45, 2.75) is 25.4 Å². The topological polar surface area (TPSA) is 34.0 Å². The number of para-hydroxylation sites is 1. The van der Waals surface area contributed by atoms with E-state index in [9.17, 15) is 0 Å². The van der Waals surface area contributed by atoms with Gasteiger partial charge in [-0.2, -0.15) is 0 Å². The summed E-state index contributed by atoms with van der Waals surface area (Å²) in [7, 11) is 4.17. The molecule has 0 aliphatic rings. The first-order chi connectivity index (χ1) is 10.1. The molecule has 0 spiro atoms. The molecule has 0 radical (unpaired) electrons. The summed E-state index contributed by atoms with van der Waals surface area (Å²) in [6.45, 7) is 3.06. The van der Waals surface area contributed by atoms with Crippen molar-refractivity contribution < 1.29 is 0 Å². The van der Waals surface area contributed by atoms with E-state index in [0.717, 1.165) is 34.3 Å². The van der Waals surface area contributed by atoms with Crippen LogP contribution in [0.15, 0.2) is 30.5 Å². The number of pyridine rings is 1. The fourth-order valence-electron chi connectivity index (χ4n) is 2.54. The van der Waals surface area contributed by atoms with E-state index in [4.69, 9.17) is 11.6 Å². The first kappa shape index (κ1) is 14.3. The number of alkyl halides is 1. The minimum absolute atomic E-state index is 0.399. The standard InChI is InChI=1S/C16H19ClN4/c1-11(20(2)3)10-21-15(8-17)19-14-9-18-13-7-5-4-6-12(13)16(14)21/h4-7,9,11H,8,10H2,1-3H3. The maximum atomic E-state index is 6.10. The third-order valence-electron chi connectivity index (χ3n) is 4.01. The number of aromatic nitrogens is 3. The van der Waals surface area contributed by atoms with Crippen LogP contribution in [-0.2, 0) is 12.4 Å². The van der Waals surface area contributed by atoms with Gasteiger partial charge in [-0.3, -0.25) is 4.98 Å². The van der Waals surface area contributed by atoms with Gasteiger partial charge in [-0.15, -0.1) is 11.6 Å². The highest BCUT2D eigenvalue weighted by Gasteiger charge is 2.16. The Morgan fingerprint density at radius 3 is 2.71 bits per heavy atom. The van der Waals surface area contributed by atoms with Crippen LogP contribution >= 0.6 is 11.6 Å². The molecular formula is C16H19ClN4. The zero-order chi connectivity index (χ0) is 15.0. The van der Waals surface area contributed by atoms with E-state index in [0.29, 0.717) is 11.9 Å². The van der Waals surface area contributed by atoms with Crippen LogP contribution in [0.4, 0.5) is 0 Å². The molecule has 0 N–H and O–H groups in total. The monoisotopic (exact) mass is 302 g/mol. The Morgan fingerprint density at radius 1 is 1.24 bits per heavy atom. The lowest BCUT2D eigenvalue weighted by molar-refractivity contribution is 0.284. The highest BCUT2D eigenvalue weighted by Crippen LogP contribution is 2.25. The molecule has 1 atom stereocenters. The predicted molar refractivity (Wildman–Crippen MR) is 87.7 cm³/mol. The van der Waals surface area contributed by atoms with E-state index in [1.54, 1.807) is 0 Å². The van der Waals surface area contributed by atoms with Gasteiger partial charge in [0.2, 0.25) is 0 Å². The minimum atomic E-state index is 0.399. The molecule has 1 unspecified atom stereocenters. The fraction of sp³-hybridized carbons (Fsp3) is 0.375. The Bertz CT molecular complexity index is 778. The van der Waals surface area contributed by atoms with Crippen LogP contribution in [0.3, 0.4) is 0 Å². The normalized spacial score (nSPS) is 13.4. The molecule has 21 heavy (non-hydrogen) atoms. The molecule has 0 aliphatic heterocycles. The molecule has 3 aromatic rings. The smallest absolute Gasteiger partial charge is 0.124 e. The molecule has 1 aromatic carbocycles. The number of rotatable bonds is 4. The molecule has 5 heteroatoms. The van der Waals surface area contributed by atoms with Crippen molar-refractivity contribution in [3.05, 3.63) is 36.3 Å². The molecular weight excluding hydrogens is 284 g/mol. The summed E-state index contributed by atoms with van der Waals surface area (Å²) < 4.78 is 2.23. The van der Waals surface area contributed by atoms with Crippen LogP contribution in [0.1, 0.15) is 12.7 Å². The quantitative estimate of drug-likeness (QED) is 0.694. The molecule has 2 heterocycles. The van der Waals surface area contributed by atoms with E-state index >= 15 is 0 Å². The second-order valence-corrected chi connectivity index (χ2v) is 5.86. The Morgan fingerprint density at radius 2 is 2.00 bits per heavy atom. The van der Waals surface area contributed by atoms with Gasteiger partial charge >= 0.3 is 0 Å². The van der Waals surface area contributed by atoms with Crippen molar-refractivity contribution in [3.8, 4) is 0 Å². The summed E-state index contributed by atoms with van der Waals surface area (Å²) in [4.78, 5) is 11.3. The molecule has 0 saturated heterocycles. The third-order valence-corrected chi connectivity index (χ3v) is 4.25. The first-order valence-electron chi connectivity index (χ1n) is 7.07. The van der Waals surface area contributed by atoms with E-state index in [1.807, 2.05) is 24.4 Å². The highest BCUT2D eigenvalue weighted by atomic mass is 35.5. The van der Waals surface area contributed by atoms with Crippen LogP contribution in [0.2, 0.25) is 0 Å². The van der Waals surface area contributed by atoms with Crippen LogP contribution < -0.4 is 0 Å². The van der Waals surface area contributed by atoms with Crippen LogP contribution in [0.5, 0.6) is 0 Å². The number of hydrogen-bond donors (Lipinski definition) is 0. The summed E-state index contributed by atoms with van der Waals surface area (Å²) in [6, 6.07) is 8.57. The molecule has 110 valence electrons. The van der Waals surface area contributed by atoms with Gasteiger partial charge in [0.15, 0.2) is 0 Å². The SMILES string of the molecule is CC(Cn1c(CCl)nc2cnc3ccccc3c21)N(C)C. The van der Waals surface area contributed by atoms with Gasteiger partial charge in [-0.05, 0) is 27.1 Å². The van der Waals surface area contributed by atoms with Crippen molar-refractivity contribution in [2.24, 2.45) is 0 Å². The van der Waals surface area contributed by atoms with Gasteiger partial charge in [0, 0.05) is 18.0 Å². The Balaban J connectivity index is 2.26. The zero-order valence-corrected chi connectivity index (χ0v) is 13.3. The van der Waals surface area contributed by atoms with Crippen LogP contribution in [0, 0.1) is 0 Å². The molecule has 2 aromatic heterocycles. The summed E-state index contributed by atoms with van der Waals surface area (Å²) in [5.41, 5.74) is 3.03. The maximum absolute atomic E-state index is 6.10. The van der Waals surface area contributed by atoms with Gasteiger partial charge in [0.05, 0.1) is 23.1 Å². The lowest BCUT2D eigenvalue weighted by Gasteiger charge is -2.21. The third kappa shape index (κ3) is 2.49. The van der Waals surface area contributed by atoms with E-state index in [2.05, 4.69) is 46.5 Å². The van der Waals surface area contributed by atoms with Crippen LogP contribution in [0.25, 0.3) is 21.9 Å². The largest absolute Gasteiger partial charge is 0.325 e. The van der Waals surface area contributed by atoms with Crippen molar-refractivity contribution in [2.75, 3.05) is 14.1 Å². The Hall–Kier alpha value is -1.65. The number of benzene rings is 1. The van der Waals surface area contributed by atoms with Gasteiger partial charge in [0.1, 0.15) is 11.3 Å². The summed E-state index contributed by atoms with van der Waals surface area (Å²) in [5, 5.41) is 1.13. The molecule has 0 aliphatic carbocycles. The van der Waals surface area contributed by atoms with E-state index in [-0.39, 0.29) is 0 Å². The van der Waals surface area contributed by atoms with Crippen LogP contribution in [-0.4, -0.2) is 39.6 Å². The summed E-state index contributed by atoms with van der Waals surface area (Å²) >= 11 is 6.10. The second kappa shape index (κ2) is 5.62. The van der Waals surface area contributed by atoms with Gasteiger partial charge in [-0.1, -0.05) is 18.2 Å². The number of nitrogens with zero attached hydrogens (tertiary/aromatic N) is 4. The zero-order valence-electron chi connectivity index (χ0n) is 12.5. The summed E-state index contributed by atoms with van der Waals surface area (Å²) in [6.07, 6.45) is 1.84. The molecule has 0 saturated carbocycles. The van der Waals surface area contributed by atoms with Crippen molar-refractivity contribution in [3.63, 3.8) is 0 Å². The molecule has 3 rings (SSSR count). The van der Waals surface area contributed by atoms with Crippen molar-refractivity contribution in [1.82, 2.24) is 19.4 Å². The Kier molecular flexibility index (Phi) is 3.83. The van der Waals surface area contributed by atoms with Gasteiger partial charge in [0.25, 0.3) is 0 Å². The maximum Gasteiger partial charge on any atom is 0.124 e.